The van der Waals surface area contributed by atoms with E-state index in [0.717, 1.165) is 79.5 Å². The van der Waals surface area contributed by atoms with E-state index in [-0.39, 0.29) is 23.9 Å². The van der Waals surface area contributed by atoms with E-state index < -0.39 is 0 Å². The summed E-state index contributed by atoms with van der Waals surface area (Å²) in [6, 6.07) is 18.0. The first kappa shape index (κ1) is 38.7. The Bertz CT molecular complexity index is 1610. The lowest BCUT2D eigenvalue weighted by molar-refractivity contribution is -0.944. The number of hydrogen-bond acceptors (Lipinski definition) is 6. The van der Waals surface area contributed by atoms with Crippen LogP contribution in [-0.4, -0.2) is 61.5 Å². The van der Waals surface area contributed by atoms with Gasteiger partial charge in [-0.25, -0.2) is 0 Å². The number of piperazine rings is 1. The lowest BCUT2D eigenvalue weighted by atomic mass is 10.1. The fourth-order valence-electron chi connectivity index (χ4n) is 6.97. The summed E-state index contributed by atoms with van der Waals surface area (Å²) in [5.74, 6) is 0.715. The van der Waals surface area contributed by atoms with Crippen LogP contribution in [0.3, 0.4) is 0 Å². The number of H-pyrrole nitrogens is 1. The first-order valence-electron chi connectivity index (χ1n) is 18.5. The molecule has 2 aromatic carbocycles. The van der Waals surface area contributed by atoms with Crippen LogP contribution in [0, 0.1) is 0 Å². The number of halogens is 1. The smallest absolute Gasteiger partial charge is 0.310 e. The first-order valence-corrected chi connectivity index (χ1v) is 19.4. The van der Waals surface area contributed by atoms with E-state index in [4.69, 9.17) is 9.47 Å². The van der Waals surface area contributed by atoms with Crippen molar-refractivity contribution in [3.63, 3.8) is 0 Å². The average Bonchev–Trinajstić information content (AvgIpc) is 3.59. The molecule has 5 rings (SSSR count). The Morgan fingerprint density at radius 2 is 1.57 bits per heavy atom. The molecule has 0 saturated carbocycles. The Kier molecular flexibility index (Phi) is 16.3. The van der Waals surface area contributed by atoms with Crippen LogP contribution in [0.5, 0.6) is 5.75 Å². The molecule has 0 bridgehead atoms. The molecule has 0 unspecified atom stereocenters. The highest BCUT2D eigenvalue weighted by Crippen LogP contribution is 2.32. The summed E-state index contributed by atoms with van der Waals surface area (Å²) >= 11 is 1.79. The van der Waals surface area contributed by atoms with Gasteiger partial charge in [0.05, 0.1) is 44.8 Å². The first-order chi connectivity index (χ1) is 23.5. The van der Waals surface area contributed by atoms with E-state index in [1.807, 2.05) is 24.3 Å². The molecule has 1 aliphatic heterocycles. The molecule has 0 radical (unpaired) electrons. The number of thiophene rings is 1. The van der Waals surface area contributed by atoms with Crippen molar-refractivity contribution >= 4 is 44.0 Å². The van der Waals surface area contributed by atoms with Crippen LogP contribution < -0.4 is 27.6 Å². The average molecular weight is 710 g/mol. The van der Waals surface area contributed by atoms with Crippen LogP contribution in [0.1, 0.15) is 96.8 Å². The molecule has 9 heteroatoms. The van der Waals surface area contributed by atoms with Gasteiger partial charge in [0.15, 0.2) is 0 Å². The summed E-state index contributed by atoms with van der Waals surface area (Å²) < 4.78 is 14.2. The van der Waals surface area contributed by atoms with Crippen molar-refractivity contribution in [1.82, 2.24) is 4.98 Å². The fraction of sp³-hybridized carbons (Fsp3) is 0.550. The Morgan fingerprint density at radius 3 is 2.33 bits per heavy atom. The second-order valence-corrected chi connectivity index (χ2v) is 14.6. The Morgan fingerprint density at radius 1 is 0.857 bits per heavy atom. The Labute approximate surface area is 303 Å². The summed E-state index contributed by atoms with van der Waals surface area (Å²) in [5, 5.41) is 4.49. The summed E-state index contributed by atoms with van der Waals surface area (Å²) in [6.45, 7) is 8.06. The third-order valence-electron chi connectivity index (χ3n) is 9.98. The number of hydrogen-bond donors (Lipinski definition) is 1. The topological polar surface area (TPSA) is 71.6 Å². The van der Waals surface area contributed by atoms with E-state index in [2.05, 4.69) is 46.5 Å². The number of anilines is 1. The molecule has 0 aliphatic carbocycles. The molecular weight excluding hydrogens is 654 g/mol. The molecule has 1 fully saturated rings. The lowest BCUT2D eigenvalue weighted by Gasteiger charge is -2.45. The van der Waals surface area contributed by atoms with E-state index >= 15 is 0 Å². The predicted molar refractivity (Wildman–Crippen MR) is 200 cm³/mol. The molecule has 3 heterocycles. The van der Waals surface area contributed by atoms with Gasteiger partial charge in [0.1, 0.15) is 5.75 Å². The molecule has 0 spiro atoms. The molecule has 7 nitrogen and oxygen atoms in total. The maximum atomic E-state index is 12.9. The van der Waals surface area contributed by atoms with Crippen molar-refractivity contribution in [1.29, 1.82) is 0 Å². The largest absolute Gasteiger partial charge is 1.00 e. The quantitative estimate of drug-likeness (QED) is 0.0613. The monoisotopic (exact) mass is 709 g/mol. The number of benzene rings is 2. The highest BCUT2D eigenvalue weighted by molar-refractivity contribution is 7.17. The van der Waals surface area contributed by atoms with E-state index in [9.17, 15) is 9.59 Å². The number of quaternary nitrogens is 1. The molecular formula is C40H56ClN3O4S. The van der Waals surface area contributed by atoms with Crippen molar-refractivity contribution in [2.24, 2.45) is 0 Å². The number of esters is 1. The van der Waals surface area contributed by atoms with Gasteiger partial charge in [-0.3, -0.25) is 14.1 Å². The molecule has 1 saturated heterocycles. The Hall–Kier alpha value is -3.07. The third-order valence-corrected chi connectivity index (χ3v) is 10.9. The molecule has 0 atom stereocenters. The van der Waals surface area contributed by atoms with Gasteiger partial charge in [-0.15, -0.1) is 11.3 Å². The van der Waals surface area contributed by atoms with Gasteiger partial charge in [0, 0.05) is 34.3 Å². The standard InChI is InChI=1S/C40H55N3O4S.ClH/c1-2-3-4-5-6-7-8-9-10-11-12-18-40(45)47-32-43(27-24-42(25-28-43)37-16-15-17-38-35(37)23-30-48-38)26-13-14-29-46-34-21-19-33-20-22-39(44)41-36(33)31-34;/h15-17,19-23,30-31H,2-14,18,24-29,32H2,1H3;1H. The number of rotatable bonds is 21. The summed E-state index contributed by atoms with van der Waals surface area (Å²) in [5.41, 5.74) is 1.99. The summed E-state index contributed by atoms with van der Waals surface area (Å²) in [6.07, 6.45) is 16.4. The van der Waals surface area contributed by atoms with Crippen LogP contribution in [0.25, 0.3) is 21.0 Å². The van der Waals surface area contributed by atoms with Gasteiger partial charge in [-0.1, -0.05) is 77.2 Å². The van der Waals surface area contributed by atoms with Gasteiger partial charge >= 0.3 is 5.97 Å². The minimum absolute atomic E-state index is 0. The molecule has 4 aromatic rings. The molecule has 1 N–H and O–H groups in total. The minimum atomic E-state index is -0.111. The normalized spacial score (nSPS) is 14.2. The summed E-state index contributed by atoms with van der Waals surface area (Å²) in [4.78, 5) is 30.0. The van der Waals surface area contributed by atoms with Crippen molar-refractivity contribution in [2.45, 2.75) is 96.8 Å². The number of nitrogens with zero attached hydrogens (tertiary/aromatic N) is 2. The highest BCUT2D eigenvalue weighted by Gasteiger charge is 2.34. The van der Waals surface area contributed by atoms with Gasteiger partial charge < -0.3 is 31.8 Å². The SMILES string of the molecule is CCCCCCCCCCCCCC(=O)OC[N+]1(CCCCOc2ccc3ccc(=O)[nH]c3c2)CCN(c2cccc3sccc23)CC1.[Cl-]. The van der Waals surface area contributed by atoms with Crippen LogP contribution in [0.4, 0.5) is 5.69 Å². The van der Waals surface area contributed by atoms with Crippen LogP contribution in [-0.2, 0) is 9.53 Å². The molecule has 49 heavy (non-hydrogen) atoms. The number of ether oxygens (including phenoxy) is 2. The Balaban J connectivity index is 0.00000541. The summed E-state index contributed by atoms with van der Waals surface area (Å²) in [7, 11) is 0. The second-order valence-electron chi connectivity index (χ2n) is 13.7. The highest BCUT2D eigenvalue weighted by atomic mass is 35.5. The zero-order valence-electron chi connectivity index (χ0n) is 29.4. The second kappa shape index (κ2) is 20.6. The number of aromatic nitrogens is 1. The number of pyridine rings is 1. The van der Waals surface area contributed by atoms with Crippen LogP contribution >= 0.6 is 11.3 Å². The van der Waals surface area contributed by atoms with Gasteiger partial charge in [0.25, 0.3) is 0 Å². The molecule has 1 aliphatic rings. The minimum Gasteiger partial charge on any atom is -1.00 e. The number of fused-ring (bicyclic) bond motifs is 2. The number of unbranched alkanes of at least 4 members (excludes halogenated alkanes) is 11. The maximum Gasteiger partial charge on any atom is 0.310 e. The van der Waals surface area contributed by atoms with Crippen molar-refractivity contribution < 1.29 is 31.2 Å². The third kappa shape index (κ3) is 12.0. The lowest BCUT2D eigenvalue weighted by Crippen LogP contribution is -3.00. The van der Waals surface area contributed by atoms with Gasteiger partial charge in [-0.2, -0.15) is 0 Å². The van der Waals surface area contributed by atoms with Crippen molar-refractivity contribution in [2.75, 3.05) is 51.0 Å². The number of nitrogens with one attached hydrogen (secondary N) is 1. The number of carbonyl (C=O) groups excluding carboxylic acids is 1. The van der Waals surface area contributed by atoms with Crippen molar-refractivity contribution in [3.05, 3.63) is 70.3 Å². The van der Waals surface area contributed by atoms with E-state index in [1.54, 1.807) is 17.4 Å². The molecule has 2 aromatic heterocycles. The number of aromatic amines is 1. The zero-order chi connectivity index (χ0) is 33.4. The van der Waals surface area contributed by atoms with Gasteiger partial charge in [-0.05, 0) is 66.4 Å². The predicted octanol–water partition coefficient (Wildman–Crippen LogP) is 6.44. The fourth-order valence-corrected chi connectivity index (χ4v) is 7.78. The van der Waals surface area contributed by atoms with Crippen molar-refractivity contribution in [3.8, 4) is 5.75 Å². The number of carbonyl (C=O) groups is 1. The molecule has 0 amide bonds. The van der Waals surface area contributed by atoms with Gasteiger partial charge in [0.2, 0.25) is 12.3 Å². The van der Waals surface area contributed by atoms with E-state index in [0.29, 0.717) is 19.8 Å². The van der Waals surface area contributed by atoms with Crippen LogP contribution in [0.2, 0.25) is 0 Å². The maximum absolute atomic E-state index is 12.9. The zero-order valence-corrected chi connectivity index (χ0v) is 31.0. The van der Waals surface area contributed by atoms with E-state index in [1.165, 1.54) is 73.6 Å². The van der Waals surface area contributed by atoms with Crippen LogP contribution in [0.15, 0.2) is 64.8 Å². The molecule has 268 valence electrons.